The van der Waals surface area contributed by atoms with E-state index in [9.17, 15) is 39.1 Å². The zero-order valence-corrected chi connectivity index (χ0v) is 24.0. The van der Waals surface area contributed by atoms with Crippen LogP contribution in [0.15, 0.2) is 4.99 Å². The van der Waals surface area contributed by atoms with Gasteiger partial charge in [-0.1, -0.05) is 0 Å². The number of nitrogens with zero attached hydrogens (tertiary/aromatic N) is 1. The lowest BCUT2D eigenvalue weighted by Crippen LogP contribution is -2.69. The van der Waals surface area contributed by atoms with E-state index >= 15 is 0 Å². The van der Waals surface area contributed by atoms with Gasteiger partial charge in [0, 0.05) is 12.6 Å². The number of hydrogen-bond acceptors (Lipinski definition) is 15. The van der Waals surface area contributed by atoms with Crippen molar-refractivity contribution in [1.29, 1.82) is 0 Å². The van der Waals surface area contributed by atoms with Gasteiger partial charge in [0.25, 0.3) is 12.3 Å². The van der Waals surface area contributed by atoms with Gasteiger partial charge in [-0.25, -0.2) is 8.78 Å². The lowest BCUT2D eigenvalue weighted by atomic mass is 9.83. The molecule has 4 rings (SSSR count). The first-order valence-corrected chi connectivity index (χ1v) is 14.6. The van der Waals surface area contributed by atoms with E-state index < -0.39 is 110 Å². The molecule has 3 aliphatic heterocycles. The van der Waals surface area contributed by atoms with Crippen LogP contribution in [0, 0.1) is 0 Å². The molecule has 1 aliphatic carbocycles. The number of aliphatic hydroxyl groups excluding tert-OH is 4. The Morgan fingerprint density at radius 2 is 1.75 bits per heavy atom. The van der Waals surface area contributed by atoms with Gasteiger partial charge in [-0.3, -0.25) is 9.79 Å². The number of rotatable bonds is 10. The van der Waals surface area contributed by atoms with Crippen molar-refractivity contribution >= 4 is 11.7 Å². The van der Waals surface area contributed by atoms with Crippen molar-refractivity contribution in [2.45, 2.75) is 117 Å². The molecule has 14 unspecified atom stereocenters. The van der Waals surface area contributed by atoms with Crippen LogP contribution in [-0.4, -0.2) is 155 Å². The summed E-state index contributed by atoms with van der Waals surface area (Å²) in [5, 5.41) is 58.5. The highest BCUT2D eigenvalue weighted by Crippen LogP contribution is 2.32. The number of nitrogens with two attached hydrogens (primary N) is 4. The summed E-state index contributed by atoms with van der Waals surface area (Å²) in [5.41, 5.74) is 22.0. The maximum atomic E-state index is 13.1. The molecule has 14 atom stereocenters. The molecule has 3 saturated heterocycles. The zero-order chi connectivity index (χ0) is 32.3. The number of carbonyl (C=O) groups is 1. The fraction of sp³-hybridized carbons (Fsp3) is 0.920. The predicted octanol–water partition coefficient (Wildman–Crippen LogP) is -5.72. The average Bonchev–Trinajstić information content (AvgIpc) is 3.44. The van der Waals surface area contributed by atoms with Gasteiger partial charge in [0.1, 0.15) is 36.6 Å². The van der Waals surface area contributed by atoms with Crippen LogP contribution in [0.4, 0.5) is 8.78 Å². The van der Waals surface area contributed by atoms with Crippen LogP contribution >= 0.6 is 0 Å². The Kier molecular flexibility index (Phi) is 11.8. The molecular weight excluding hydrogens is 596 g/mol. The minimum absolute atomic E-state index is 0.00211. The summed E-state index contributed by atoms with van der Waals surface area (Å²) in [6.45, 7) is -0.427. The maximum absolute atomic E-state index is 13.1. The molecule has 15 N–H and O–H groups in total. The predicted molar refractivity (Wildman–Crippen MR) is 147 cm³/mol. The van der Waals surface area contributed by atoms with Crippen LogP contribution in [0.2, 0.25) is 0 Å². The van der Waals surface area contributed by atoms with Gasteiger partial charge in [0.2, 0.25) is 0 Å². The number of nitrogens with one attached hydrogen (secondary N) is 2. The summed E-state index contributed by atoms with van der Waals surface area (Å²) in [5.74, 6) is -1.57. The monoisotopic (exact) mass is 641 g/mol. The first-order valence-electron chi connectivity index (χ1n) is 14.6. The van der Waals surface area contributed by atoms with E-state index in [-0.39, 0.29) is 25.9 Å². The Labute approximate surface area is 252 Å². The van der Waals surface area contributed by atoms with Crippen LogP contribution in [0.1, 0.15) is 25.7 Å². The molecule has 19 heteroatoms. The third-order valence-electron chi connectivity index (χ3n) is 8.61. The van der Waals surface area contributed by atoms with Gasteiger partial charge in [-0.2, -0.15) is 0 Å². The average molecular weight is 642 g/mol. The van der Waals surface area contributed by atoms with Crippen molar-refractivity contribution in [3.8, 4) is 0 Å². The number of halogens is 2. The van der Waals surface area contributed by atoms with E-state index in [1.807, 2.05) is 0 Å². The van der Waals surface area contributed by atoms with Gasteiger partial charge in [0.05, 0.1) is 37.4 Å². The first kappa shape index (κ1) is 35.1. The fourth-order valence-corrected chi connectivity index (χ4v) is 5.87. The third-order valence-corrected chi connectivity index (χ3v) is 8.61. The maximum Gasteiger partial charge on any atom is 0.294 e. The van der Waals surface area contributed by atoms with Crippen molar-refractivity contribution in [2.75, 3.05) is 26.2 Å². The van der Waals surface area contributed by atoms with Crippen LogP contribution in [0.25, 0.3) is 0 Å². The topological polar surface area (TPSA) is 296 Å². The Morgan fingerprint density at radius 3 is 2.39 bits per heavy atom. The molecule has 1 saturated carbocycles. The number of aliphatic hydroxyl groups is 5. The number of carbonyl (C=O) groups excluding carboxylic acids is 1. The quantitative estimate of drug-likeness (QED) is 0.0782. The number of amidine groups is 1. The van der Waals surface area contributed by atoms with E-state index in [1.54, 1.807) is 0 Å². The normalized spacial score (nSPS) is 45.4. The number of ether oxygens (including phenoxy) is 4. The molecule has 0 radical (unpaired) electrons. The SMILES string of the molecule is NC(=NCC1CCC(N)C(OC2C(N)CC(NC(=O)C3(O)CCNC3)C(OC3OC(CO)C(O)C(N)C3O)C2O)O1)C(F)F. The molecule has 0 spiro atoms. The fourth-order valence-electron chi connectivity index (χ4n) is 5.87. The number of amides is 1. The highest BCUT2D eigenvalue weighted by molar-refractivity contribution is 5.86. The second-order valence-electron chi connectivity index (χ2n) is 11.8. The summed E-state index contributed by atoms with van der Waals surface area (Å²) in [7, 11) is 0. The molecule has 44 heavy (non-hydrogen) atoms. The van der Waals surface area contributed by atoms with Crippen LogP contribution < -0.4 is 33.6 Å². The standard InChI is InChI=1S/C25H45F2N7O10/c26-20(27)21(31)33-6-9-1-2-10(28)22(41-9)43-18-11(29)5-12(34-24(39)25(40)3-4-32-8-25)19(17(18)38)44-23-16(37)14(30)15(36)13(7-35)42-23/h9-20,22-23,32,35-38,40H,1-8,28-30H2,(H2,31,33)(H,34,39). The smallest absolute Gasteiger partial charge is 0.294 e. The lowest BCUT2D eigenvalue weighted by Gasteiger charge is -2.48. The van der Waals surface area contributed by atoms with Gasteiger partial charge < -0.3 is 78.0 Å². The van der Waals surface area contributed by atoms with Gasteiger partial charge in [-0.15, -0.1) is 0 Å². The Balaban J connectivity index is 1.53. The van der Waals surface area contributed by atoms with Crippen molar-refractivity contribution < 1.29 is 58.1 Å². The van der Waals surface area contributed by atoms with E-state index in [1.165, 1.54) is 0 Å². The van der Waals surface area contributed by atoms with Crippen molar-refractivity contribution in [1.82, 2.24) is 10.6 Å². The van der Waals surface area contributed by atoms with E-state index in [0.29, 0.717) is 19.4 Å². The summed E-state index contributed by atoms with van der Waals surface area (Å²) in [6, 6.07) is -3.95. The van der Waals surface area contributed by atoms with Crippen molar-refractivity contribution in [3.05, 3.63) is 0 Å². The van der Waals surface area contributed by atoms with Gasteiger partial charge >= 0.3 is 0 Å². The van der Waals surface area contributed by atoms with Crippen molar-refractivity contribution in [3.63, 3.8) is 0 Å². The Hall–Kier alpha value is -1.72. The third kappa shape index (κ3) is 7.80. The Morgan fingerprint density at radius 1 is 1.05 bits per heavy atom. The molecule has 0 aromatic rings. The number of β-amino-alcohol motifs (C(OH)–C–C–N with tert-alkyl or cyclic N) is 1. The van der Waals surface area contributed by atoms with Gasteiger partial charge in [0.15, 0.2) is 24.0 Å². The van der Waals surface area contributed by atoms with Crippen molar-refractivity contribution in [2.24, 2.45) is 27.9 Å². The van der Waals surface area contributed by atoms with Crippen LogP contribution in [-0.2, 0) is 23.7 Å². The molecule has 3 heterocycles. The summed E-state index contributed by atoms with van der Waals surface area (Å²) < 4.78 is 48.9. The summed E-state index contributed by atoms with van der Waals surface area (Å²) in [4.78, 5) is 16.7. The van der Waals surface area contributed by atoms with Crippen LogP contribution in [0.5, 0.6) is 0 Å². The number of aliphatic imine (C=N–C) groups is 1. The zero-order valence-electron chi connectivity index (χ0n) is 24.0. The molecule has 0 bridgehead atoms. The van der Waals surface area contributed by atoms with E-state index in [2.05, 4.69) is 15.6 Å². The molecular formula is C25H45F2N7O10. The van der Waals surface area contributed by atoms with Gasteiger partial charge in [-0.05, 0) is 32.2 Å². The largest absolute Gasteiger partial charge is 0.394 e. The molecule has 4 aliphatic rings. The molecule has 0 aromatic carbocycles. The number of alkyl halides is 2. The Bertz CT molecular complexity index is 997. The minimum Gasteiger partial charge on any atom is -0.394 e. The molecule has 17 nitrogen and oxygen atoms in total. The molecule has 254 valence electrons. The number of hydrogen-bond donors (Lipinski definition) is 11. The van der Waals surface area contributed by atoms with Crippen LogP contribution in [0.3, 0.4) is 0 Å². The highest BCUT2D eigenvalue weighted by Gasteiger charge is 2.52. The second kappa shape index (κ2) is 14.8. The first-order chi connectivity index (χ1) is 20.7. The minimum atomic E-state index is -2.92. The summed E-state index contributed by atoms with van der Waals surface area (Å²) in [6.07, 6.45) is -13.9. The highest BCUT2D eigenvalue weighted by atomic mass is 19.3. The molecule has 0 aromatic heterocycles. The van der Waals surface area contributed by atoms with E-state index in [0.717, 1.165) is 0 Å². The summed E-state index contributed by atoms with van der Waals surface area (Å²) >= 11 is 0. The lowest BCUT2D eigenvalue weighted by molar-refractivity contribution is -0.314. The molecule has 4 fully saturated rings. The van der Waals surface area contributed by atoms with E-state index in [4.69, 9.17) is 41.9 Å². The second-order valence-corrected chi connectivity index (χ2v) is 11.8. The molecule has 1 amide bonds.